The number of benzene rings is 1. The lowest BCUT2D eigenvalue weighted by Crippen LogP contribution is -2.42. The molecule has 0 aliphatic carbocycles. The summed E-state index contributed by atoms with van der Waals surface area (Å²) in [5.41, 5.74) is 1.30. The topological polar surface area (TPSA) is 55.4 Å². The van der Waals surface area contributed by atoms with Crippen molar-refractivity contribution in [1.82, 2.24) is 5.32 Å². The fourth-order valence-electron chi connectivity index (χ4n) is 2.93. The van der Waals surface area contributed by atoms with E-state index in [4.69, 9.17) is 4.74 Å². The number of ether oxygens (including phenoxy) is 1. The Morgan fingerprint density at radius 1 is 1.17 bits per heavy atom. The van der Waals surface area contributed by atoms with Gasteiger partial charge in [-0.1, -0.05) is 51.1 Å². The normalized spacial score (nSPS) is 21.2. The van der Waals surface area contributed by atoms with Crippen LogP contribution in [0.1, 0.15) is 52.0 Å². The molecule has 0 bridgehead atoms. The highest BCUT2D eigenvalue weighted by Gasteiger charge is 2.36. The smallest absolute Gasteiger partial charge is 0.330 e. The van der Waals surface area contributed by atoms with E-state index in [0.29, 0.717) is 6.42 Å². The zero-order valence-corrected chi connectivity index (χ0v) is 14.3. The van der Waals surface area contributed by atoms with E-state index in [1.165, 1.54) is 5.56 Å². The van der Waals surface area contributed by atoms with Crippen LogP contribution < -0.4 is 5.32 Å². The fraction of sp³-hybridized carbons (Fsp3) is 0.579. The summed E-state index contributed by atoms with van der Waals surface area (Å²) in [4.78, 5) is 23.9. The minimum absolute atomic E-state index is 0.106. The molecule has 0 amide bonds. The Labute approximate surface area is 138 Å². The Kier molecular flexibility index (Phi) is 5.94. The summed E-state index contributed by atoms with van der Waals surface area (Å²) < 4.78 is 4.99. The molecule has 0 unspecified atom stereocenters. The molecule has 126 valence electrons. The molecule has 1 saturated heterocycles. The third-order valence-corrected chi connectivity index (χ3v) is 4.38. The zero-order chi connectivity index (χ0) is 16.9. The van der Waals surface area contributed by atoms with Crippen LogP contribution in [-0.4, -0.2) is 24.0 Å². The molecule has 2 rings (SSSR count). The molecule has 1 aromatic carbocycles. The van der Waals surface area contributed by atoms with Gasteiger partial charge in [0.05, 0.1) is 0 Å². The Morgan fingerprint density at radius 2 is 1.87 bits per heavy atom. The number of aryl methyl sites for hydroxylation is 1. The molecule has 23 heavy (non-hydrogen) atoms. The van der Waals surface area contributed by atoms with Crippen molar-refractivity contribution >= 4 is 11.9 Å². The monoisotopic (exact) mass is 317 g/mol. The van der Waals surface area contributed by atoms with E-state index in [2.05, 4.69) is 26.1 Å². The average Bonchev–Trinajstić information content (AvgIpc) is 2.98. The highest BCUT2D eigenvalue weighted by atomic mass is 16.6. The summed E-state index contributed by atoms with van der Waals surface area (Å²) in [6, 6.07) is 9.93. The first-order valence-electron chi connectivity index (χ1n) is 8.41. The van der Waals surface area contributed by atoms with Gasteiger partial charge in [0, 0.05) is 12.5 Å². The van der Waals surface area contributed by atoms with Gasteiger partial charge >= 0.3 is 11.9 Å². The molecule has 4 nitrogen and oxygen atoms in total. The van der Waals surface area contributed by atoms with Crippen LogP contribution >= 0.6 is 0 Å². The molecule has 0 saturated carbocycles. The molecule has 1 aliphatic heterocycles. The summed E-state index contributed by atoms with van der Waals surface area (Å²) in [5.74, 6) is -0.853. The SMILES string of the molecule is CC(C)(C)[C@H]1CC[C@@H](C(=O)OC(=O)CCCc2ccccc2)N1. The molecular weight excluding hydrogens is 290 g/mol. The summed E-state index contributed by atoms with van der Waals surface area (Å²) in [5, 5.41) is 3.29. The largest absolute Gasteiger partial charge is 0.392 e. The van der Waals surface area contributed by atoms with Gasteiger partial charge in [-0.05, 0) is 36.7 Å². The summed E-state index contributed by atoms with van der Waals surface area (Å²) in [7, 11) is 0. The molecule has 1 N–H and O–H groups in total. The van der Waals surface area contributed by atoms with Gasteiger partial charge in [-0.15, -0.1) is 0 Å². The average molecular weight is 317 g/mol. The lowest BCUT2D eigenvalue weighted by atomic mass is 9.86. The zero-order valence-electron chi connectivity index (χ0n) is 14.3. The van der Waals surface area contributed by atoms with Gasteiger partial charge in [0.25, 0.3) is 0 Å². The van der Waals surface area contributed by atoms with Gasteiger partial charge in [0.1, 0.15) is 6.04 Å². The first kappa shape index (κ1) is 17.7. The maximum atomic E-state index is 12.1. The summed E-state index contributed by atoms with van der Waals surface area (Å²) in [6.45, 7) is 6.44. The third-order valence-electron chi connectivity index (χ3n) is 4.38. The van der Waals surface area contributed by atoms with Crippen LogP contribution in [0.3, 0.4) is 0 Å². The van der Waals surface area contributed by atoms with Crippen molar-refractivity contribution in [2.24, 2.45) is 5.41 Å². The van der Waals surface area contributed by atoms with Crippen molar-refractivity contribution in [3.63, 3.8) is 0 Å². The van der Waals surface area contributed by atoms with E-state index in [0.717, 1.165) is 19.3 Å². The third kappa shape index (κ3) is 5.47. The molecule has 1 heterocycles. The maximum Gasteiger partial charge on any atom is 0.330 e. The Morgan fingerprint density at radius 3 is 2.48 bits per heavy atom. The molecule has 2 atom stereocenters. The van der Waals surface area contributed by atoms with E-state index in [-0.39, 0.29) is 23.9 Å². The number of carbonyl (C=O) groups is 2. The lowest BCUT2D eigenvalue weighted by Gasteiger charge is -2.27. The first-order valence-corrected chi connectivity index (χ1v) is 8.41. The van der Waals surface area contributed by atoms with Crippen LogP contribution in [0.5, 0.6) is 0 Å². The van der Waals surface area contributed by atoms with Gasteiger partial charge in [-0.3, -0.25) is 4.79 Å². The number of hydrogen-bond acceptors (Lipinski definition) is 4. The van der Waals surface area contributed by atoms with Crippen molar-refractivity contribution in [2.45, 2.75) is 65.0 Å². The molecule has 1 fully saturated rings. The molecule has 0 radical (unpaired) electrons. The van der Waals surface area contributed by atoms with Gasteiger partial charge in [-0.2, -0.15) is 0 Å². The van der Waals surface area contributed by atoms with E-state index >= 15 is 0 Å². The number of esters is 2. The second-order valence-corrected chi connectivity index (χ2v) is 7.35. The predicted molar refractivity (Wildman–Crippen MR) is 89.9 cm³/mol. The molecule has 4 heteroatoms. The molecule has 0 aromatic heterocycles. The highest BCUT2D eigenvalue weighted by Crippen LogP contribution is 2.28. The van der Waals surface area contributed by atoms with Gasteiger partial charge < -0.3 is 10.1 Å². The number of carbonyl (C=O) groups excluding carboxylic acids is 2. The maximum absolute atomic E-state index is 12.1. The molecule has 1 aromatic rings. The second kappa shape index (κ2) is 7.73. The number of rotatable bonds is 5. The Balaban J connectivity index is 1.70. The van der Waals surface area contributed by atoms with E-state index < -0.39 is 11.9 Å². The van der Waals surface area contributed by atoms with E-state index in [1.807, 2.05) is 30.3 Å². The van der Waals surface area contributed by atoms with Crippen molar-refractivity contribution in [3.8, 4) is 0 Å². The van der Waals surface area contributed by atoms with Crippen molar-refractivity contribution in [2.75, 3.05) is 0 Å². The van der Waals surface area contributed by atoms with E-state index in [9.17, 15) is 9.59 Å². The van der Waals surface area contributed by atoms with Gasteiger partial charge in [-0.25, -0.2) is 4.79 Å². The standard InChI is InChI=1S/C19H27NO3/c1-19(2,3)16-13-12-15(20-16)18(22)23-17(21)11-7-10-14-8-5-4-6-9-14/h4-6,8-9,15-16,20H,7,10-13H2,1-3H3/t15-,16+/m0/s1. The van der Waals surface area contributed by atoms with E-state index in [1.54, 1.807) is 0 Å². The molecule has 0 spiro atoms. The first-order chi connectivity index (χ1) is 10.9. The van der Waals surface area contributed by atoms with Crippen LogP contribution in [0, 0.1) is 5.41 Å². The van der Waals surface area contributed by atoms with Crippen molar-refractivity contribution < 1.29 is 14.3 Å². The Bertz CT molecular complexity index is 533. The van der Waals surface area contributed by atoms with Crippen LogP contribution in [0.15, 0.2) is 30.3 Å². The van der Waals surface area contributed by atoms with Gasteiger partial charge in [0.2, 0.25) is 0 Å². The predicted octanol–water partition coefficient (Wildman–Crippen LogP) is 3.25. The quantitative estimate of drug-likeness (QED) is 0.669. The lowest BCUT2D eigenvalue weighted by molar-refractivity contribution is -0.161. The minimum Gasteiger partial charge on any atom is -0.392 e. The fourth-order valence-corrected chi connectivity index (χ4v) is 2.93. The van der Waals surface area contributed by atoms with Crippen LogP contribution in [0.25, 0.3) is 0 Å². The molecule has 1 aliphatic rings. The van der Waals surface area contributed by atoms with Gasteiger partial charge in [0.15, 0.2) is 0 Å². The number of hydrogen-bond donors (Lipinski definition) is 1. The summed E-state index contributed by atoms with van der Waals surface area (Å²) in [6.07, 6.45) is 3.45. The minimum atomic E-state index is -0.429. The van der Waals surface area contributed by atoms with Crippen LogP contribution in [0.4, 0.5) is 0 Å². The summed E-state index contributed by atoms with van der Waals surface area (Å²) >= 11 is 0. The molecular formula is C19H27NO3. The highest BCUT2D eigenvalue weighted by molar-refractivity contribution is 5.88. The van der Waals surface area contributed by atoms with Crippen molar-refractivity contribution in [3.05, 3.63) is 35.9 Å². The van der Waals surface area contributed by atoms with Crippen molar-refractivity contribution in [1.29, 1.82) is 0 Å². The number of nitrogens with one attached hydrogen (secondary N) is 1. The van der Waals surface area contributed by atoms with Crippen LogP contribution in [-0.2, 0) is 20.7 Å². The Hall–Kier alpha value is -1.68. The van der Waals surface area contributed by atoms with Crippen LogP contribution in [0.2, 0.25) is 0 Å². The second-order valence-electron chi connectivity index (χ2n) is 7.35.